The van der Waals surface area contributed by atoms with Gasteiger partial charge in [-0.05, 0) is 61.8 Å². The van der Waals surface area contributed by atoms with E-state index < -0.39 is 0 Å². The number of aromatic hydroxyl groups is 1. The maximum Gasteiger partial charge on any atom is 0.146 e. The molecule has 1 aromatic heterocycles. The van der Waals surface area contributed by atoms with E-state index in [1.165, 1.54) is 10.4 Å². The van der Waals surface area contributed by atoms with E-state index in [0.29, 0.717) is 16.2 Å². The summed E-state index contributed by atoms with van der Waals surface area (Å²) in [7, 11) is 4.15. The molecule has 0 saturated carbocycles. The third-order valence-corrected chi connectivity index (χ3v) is 5.18. The molecule has 0 spiro atoms. The molecule has 1 N–H and O–H groups in total. The second kappa shape index (κ2) is 9.72. The van der Waals surface area contributed by atoms with Crippen LogP contribution in [0.3, 0.4) is 0 Å². The first-order valence-corrected chi connectivity index (χ1v) is 11.0. The van der Waals surface area contributed by atoms with Gasteiger partial charge in [-0.3, -0.25) is 0 Å². The standard InChI is InChI=1S/C17H18ClN3O.C9H13N/c1-10-7-12(17(2,3)4)16(22)15(8-10)21-19-13-6-5-11(18)9-14(13)20-21;1-10(2)8-9-6-4-3-5-7-9/h5-9,22H,1-4H3;3-7H,8H2,1-2H3. The highest BCUT2D eigenvalue weighted by Crippen LogP contribution is 2.36. The lowest BCUT2D eigenvalue weighted by molar-refractivity contribution is 0.402. The van der Waals surface area contributed by atoms with Crippen LogP contribution < -0.4 is 0 Å². The average molecular weight is 451 g/mol. The summed E-state index contributed by atoms with van der Waals surface area (Å²) in [6.45, 7) is 9.23. The first-order chi connectivity index (χ1) is 15.0. The van der Waals surface area contributed by atoms with Gasteiger partial charge in [0.2, 0.25) is 0 Å². The molecule has 0 aliphatic rings. The molecule has 5 nitrogen and oxygen atoms in total. The number of hydrogen-bond donors (Lipinski definition) is 1. The van der Waals surface area contributed by atoms with Crippen molar-refractivity contribution in [1.29, 1.82) is 0 Å². The third kappa shape index (κ3) is 5.87. The van der Waals surface area contributed by atoms with Crippen molar-refractivity contribution < 1.29 is 5.11 Å². The van der Waals surface area contributed by atoms with Gasteiger partial charge >= 0.3 is 0 Å². The summed E-state index contributed by atoms with van der Waals surface area (Å²) < 4.78 is 0. The SMILES string of the molecule is CN(C)Cc1ccccc1.Cc1cc(-n2nc3ccc(Cl)cc3n2)c(O)c(C(C)(C)C)c1. The molecule has 3 aromatic carbocycles. The normalized spacial score (nSPS) is 11.5. The molecule has 4 rings (SSSR count). The number of rotatable bonds is 3. The van der Waals surface area contributed by atoms with Crippen molar-refractivity contribution in [3.8, 4) is 11.4 Å². The van der Waals surface area contributed by atoms with E-state index in [4.69, 9.17) is 11.6 Å². The van der Waals surface area contributed by atoms with Gasteiger partial charge in [-0.15, -0.1) is 15.0 Å². The van der Waals surface area contributed by atoms with Gasteiger partial charge in [-0.25, -0.2) is 0 Å². The summed E-state index contributed by atoms with van der Waals surface area (Å²) >= 11 is 5.99. The van der Waals surface area contributed by atoms with E-state index in [-0.39, 0.29) is 11.2 Å². The minimum atomic E-state index is -0.166. The third-order valence-electron chi connectivity index (χ3n) is 4.94. The predicted molar refractivity (Wildman–Crippen MR) is 133 cm³/mol. The Kier molecular flexibility index (Phi) is 7.22. The molecular formula is C26H31ClN4O. The van der Waals surface area contributed by atoms with Gasteiger partial charge in [-0.1, -0.05) is 68.8 Å². The maximum atomic E-state index is 10.7. The Morgan fingerprint density at radius 3 is 2.22 bits per heavy atom. The smallest absolute Gasteiger partial charge is 0.146 e. The molecule has 0 aliphatic carbocycles. The molecule has 4 aromatic rings. The van der Waals surface area contributed by atoms with Gasteiger partial charge in [0.05, 0.1) is 0 Å². The Balaban J connectivity index is 0.000000243. The first-order valence-electron chi connectivity index (χ1n) is 10.6. The minimum absolute atomic E-state index is 0.166. The maximum absolute atomic E-state index is 10.7. The quantitative estimate of drug-likeness (QED) is 0.407. The fourth-order valence-corrected chi connectivity index (χ4v) is 3.59. The van der Waals surface area contributed by atoms with Crippen molar-refractivity contribution in [3.05, 3.63) is 82.4 Å². The number of aryl methyl sites for hydroxylation is 1. The van der Waals surface area contributed by atoms with Crippen molar-refractivity contribution in [2.24, 2.45) is 0 Å². The highest BCUT2D eigenvalue weighted by Gasteiger charge is 2.22. The van der Waals surface area contributed by atoms with Gasteiger partial charge in [0.1, 0.15) is 22.5 Å². The largest absolute Gasteiger partial charge is 0.505 e. The monoisotopic (exact) mass is 450 g/mol. The Morgan fingerprint density at radius 1 is 0.938 bits per heavy atom. The van der Waals surface area contributed by atoms with Gasteiger partial charge in [-0.2, -0.15) is 0 Å². The number of fused-ring (bicyclic) bond motifs is 1. The number of nitrogens with zero attached hydrogens (tertiary/aromatic N) is 4. The van der Waals surface area contributed by atoms with Crippen molar-refractivity contribution in [2.75, 3.05) is 14.1 Å². The van der Waals surface area contributed by atoms with Crippen LogP contribution in [0.5, 0.6) is 5.75 Å². The Hall–Kier alpha value is -2.89. The van der Waals surface area contributed by atoms with E-state index in [0.717, 1.165) is 23.2 Å². The van der Waals surface area contributed by atoms with Gasteiger partial charge in [0, 0.05) is 17.1 Å². The van der Waals surface area contributed by atoms with E-state index in [9.17, 15) is 5.11 Å². The van der Waals surface area contributed by atoms with Crippen LogP contribution in [0.1, 0.15) is 37.5 Å². The summed E-state index contributed by atoms with van der Waals surface area (Å²) in [6, 6.07) is 19.7. The number of benzene rings is 3. The lowest BCUT2D eigenvalue weighted by Crippen LogP contribution is -2.13. The van der Waals surface area contributed by atoms with Crippen molar-refractivity contribution in [3.63, 3.8) is 0 Å². The molecule has 168 valence electrons. The second-order valence-corrected chi connectivity index (χ2v) is 9.71. The molecule has 0 aliphatic heterocycles. The lowest BCUT2D eigenvalue weighted by atomic mass is 9.85. The number of phenolic OH excluding ortho intramolecular Hbond substituents is 1. The summed E-state index contributed by atoms with van der Waals surface area (Å²) in [5.41, 5.74) is 5.15. The van der Waals surface area contributed by atoms with Crippen LogP contribution in [0.25, 0.3) is 16.7 Å². The number of aromatic nitrogens is 3. The molecular weight excluding hydrogens is 420 g/mol. The molecule has 0 saturated heterocycles. The fraction of sp³-hybridized carbons (Fsp3) is 0.308. The fourth-order valence-electron chi connectivity index (χ4n) is 3.43. The Bertz CT molecular complexity index is 1190. The minimum Gasteiger partial charge on any atom is -0.505 e. The summed E-state index contributed by atoms with van der Waals surface area (Å²) in [5.74, 6) is 0.213. The van der Waals surface area contributed by atoms with Crippen LogP contribution in [-0.2, 0) is 12.0 Å². The van der Waals surface area contributed by atoms with Crippen LogP contribution in [0.4, 0.5) is 0 Å². The highest BCUT2D eigenvalue weighted by molar-refractivity contribution is 6.31. The van der Waals surface area contributed by atoms with Crippen LogP contribution in [0, 0.1) is 6.92 Å². The van der Waals surface area contributed by atoms with Crippen molar-refractivity contribution in [1.82, 2.24) is 19.9 Å². The van der Waals surface area contributed by atoms with E-state index in [1.807, 2.05) is 31.2 Å². The summed E-state index contributed by atoms with van der Waals surface area (Å²) in [6.07, 6.45) is 0. The molecule has 0 atom stereocenters. The summed E-state index contributed by atoms with van der Waals surface area (Å²) in [4.78, 5) is 3.63. The zero-order valence-corrected chi connectivity index (χ0v) is 20.4. The van der Waals surface area contributed by atoms with Gasteiger partial charge in [0.25, 0.3) is 0 Å². The van der Waals surface area contributed by atoms with Gasteiger partial charge in [0.15, 0.2) is 0 Å². The second-order valence-electron chi connectivity index (χ2n) is 9.28. The summed E-state index contributed by atoms with van der Waals surface area (Å²) in [5, 5.41) is 20.1. The average Bonchev–Trinajstić information content (AvgIpc) is 3.12. The number of phenols is 1. The highest BCUT2D eigenvalue weighted by atomic mass is 35.5. The molecule has 0 unspecified atom stereocenters. The molecule has 0 fully saturated rings. The van der Waals surface area contributed by atoms with Crippen molar-refractivity contribution in [2.45, 2.75) is 39.7 Å². The molecule has 0 amide bonds. The first kappa shape index (κ1) is 23.8. The zero-order chi connectivity index (χ0) is 23.5. The molecule has 6 heteroatoms. The molecule has 0 bridgehead atoms. The number of halogens is 1. The zero-order valence-electron chi connectivity index (χ0n) is 19.6. The molecule has 0 radical (unpaired) electrons. The predicted octanol–water partition coefficient (Wildman–Crippen LogP) is 6.13. The Morgan fingerprint density at radius 2 is 1.59 bits per heavy atom. The van der Waals surface area contributed by atoms with Crippen LogP contribution in [-0.4, -0.2) is 39.1 Å². The van der Waals surface area contributed by atoms with Crippen LogP contribution in [0.2, 0.25) is 5.02 Å². The van der Waals surface area contributed by atoms with E-state index in [1.54, 1.807) is 12.1 Å². The van der Waals surface area contributed by atoms with Crippen LogP contribution in [0.15, 0.2) is 60.7 Å². The topological polar surface area (TPSA) is 54.2 Å². The molecule has 32 heavy (non-hydrogen) atoms. The van der Waals surface area contributed by atoms with Crippen LogP contribution >= 0.6 is 11.6 Å². The van der Waals surface area contributed by atoms with E-state index >= 15 is 0 Å². The number of hydrogen-bond acceptors (Lipinski definition) is 4. The Labute approximate surface area is 195 Å². The van der Waals surface area contributed by atoms with E-state index in [2.05, 4.69) is 74.2 Å². The van der Waals surface area contributed by atoms with Crippen molar-refractivity contribution >= 4 is 22.6 Å². The lowest BCUT2D eigenvalue weighted by Gasteiger charge is -2.22. The van der Waals surface area contributed by atoms with Gasteiger partial charge < -0.3 is 10.0 Å². The molecule has 1 heterocycles.